The van der Waals surface area contributed by atoms with Gasteiger partial charge in [0, 0.05) is 11.3 Å². The molecule has 0 aliphatic heterocycles. The van der Waals surface area contributed by atoms with E-state index in [2.05, 4.69) is 16.4 Å². The maximum absolute atomic E-state index is 11.2. The molecule has 1 aromatic heterocycles. The summed E-state index contributed by atoms with van der Waals surface area (Å²) >= 11 is 6.07. The number of anilines is 2. The van der Waals surface area contributed by atoms with Crippen molar-refractivity contribution >= 4 is 29.2 Å². The van der Waals surface area contributed by atoms with Crippen LogP contribution in [0.1, 0.15) is 21.5 Å². The minimum absolute atomic E-state index is 0.272. The van der Waals surface area contributed by atoms with E-state index in [1.54, 1.807) is 24.4 Å². The lowest BCUT2D eigenvalue weighted by Gasteiger charge is -2.05. The number of nitrogens with two attached hydrogens (primary N) is 1. The van der Waals surface area contributed by atoms with Crippen LogP contribution in [0, 0.1) is 13.8 Å². The highest BCUT2D eigenvalue weighted by Gasteiger charge is 2.11. The lowest BCUT2D eigenvalue weighted by molar-refractivity contribution is 0.100. The van der Waals surface area contributed by atoms with Gasteiger partial charge in [-0.25, -0.2) is 4.98 Å². The van der Waals surface area contributed by atoms with Crippen LogP contribution in [0.3, 0.4) is 0 Å². The number of nitrogens with zero attached hydrogens (tertiary/aromatic N) is 1. The van der Waals surface area contributed by atoms with E-state index in [4.69, 9.17) is 21.8 Å². The fraction of sp³-hybridized carbons (Fsp3) is 0.111. The van der Waals surface area contributed by atoms with Crippen molar-refractivity contribution in [1.82, 2.24) is 4.98 Å². The average molecular weight is 342 g/mol. The van der Waals surface area contributed by atoms with Crippen molar-refractivity contribution < 1.29 is 9.21 Å². The molecule has 0 unspecified atom stereocenters. The Hall–Kier alpha value is -2.79. The van der Waals surface area contributed by atoms with Gasteiger partial charge in [-0.2, -0.15) is 0 Å². The van der Waals surface area contributed by atoms with Crippen molar-refractivity contribution in [2.45, 2.75) is 13.8 Å². The Morgan fingerprint density at radius 1 is 1.17 bits per heavy atom. The molecular formula is C18H16ClN3O2. The van der Waals surface area contributed by atoms with E-state index in [-0.39, 0.29) is 10.6 Å². The predicted octanol–water partition coefficient (Wildman–Crippen LogP) is 4.45. The average Bonchev–Trinajstić information content (AvgIpc) is 2.94. The highest BCUT2D eigenvalue weighted by atomic mass is 35.5. The standard InChI is InChI=1S/C18H16ClN3O2/c1-10-5-11(2)7-13(6-10)22-18-21-9-16(24-18)12-3-4-14(17(20)23)15(19)8-12/h3-9H,1-2H3,(H2,20,23)(H,21,22). The topological polar surface area (TPSA) is 81.1 Å². The second-order valence-corrected chi connectivity index (χ2v) is 6.00. The summed E-state index contributed by atoms with van der Waals surface area (Å²) in [5.74, 6) is -0.0268. The largest absolute Gasteiger partial charge is 0.423 e. The zero-order valence-corrected chi connectivity index (χ0v) is 14.0. The number of oxazole rings is 1. The van der Waals surface area contributed by atoms with Gasteiger partial charge in [0.15, 0.2) is 5.76 Å². The van der Waals surface area contributed by atoms with Crippen molar-refractivity contribution in [3.8, 4) is 11.3 Å². The molecule has 0 bridgehead atoms. The third kappa shape index (κ3) is 3.41. The summed E-state index contributed by atoms with van der Waals surface area (Å²) in [6.07, 6.45) is 1.60. The highest BCUT2D eigenvalue weighted by Crippen LogP contribution is 2.28. The quantitative estimate of drug-likeness (QED) is 0.734. The number of primary amides is 1. The number of carbonyl (C=O) groups is 1. The number of halogens is 1. The molecule has 3 aromatic rings. The summed E-state index contributed by atoms with van der Waals surface area (Å²) < 4.78 is 5.71. The molecule has 0 radical (unpaired) electrons. The van der Waals surface area contributed by atoms with Crippen molar-refractivity contribution in [3.05, 3.63) is 64.3 Å². The van der Waals surface area contributed by atoms with Gasteiger partial charge in [0.05, 0.1) is 16.8 Å². The van der Waals surface area contributed by atoms with Gasteiger partial charge >= 0.3 is 0 Å². The van der Waals surface area contributed by atoms with Gasteiger partial charge in [0.2, 0.25) is 5.91 Å². The summed E-state index contributed by atoms with van der Waals surface area (Å²) in [6.45, 7) is 4.06. The molecule has 3 N–H and O–H groups in total. The first-order valence-corrected chi connectivity index (χ1v) is 7.71. The summed E-state index contributed by atoms with van der Waals surface area (Å²) in [7, 11) is 0. The first-order chi connectivity index (χ1) is 11.4. The minimum atomic E-state index is -0.568. The van der Waals surface area contributed by atoms with Gasteiger partial charge in [-0.3, -0.25) is 4.79 Å². The minimum Gasteiger partial charge on any atom is -0.423 e. The van der Waals surface area contributed by atoms with Crippen molar-refractivity contribution in [2.75, 3.05) is 5.32 Å². The monoisotopic (exact) mass is 341 g/mol. The van der Waals surface area contributed by atoms with E-state index in [1.807, 2.05) is 26.0 Å². The molecule has 0 atom stereocenters. The molecule has 0 spiro atoms. The summed E-state index contributed by atoms with van der Waals surface area (Å²) in [5.41, 5.74) is 9.44. The SMILES string of the molecule is Cc1cc(C)cc(Nc2ncc(-c3ccc(C(N)=O)c(Cl)c3)o2)c1. The van der Waals surface area contributed by atoms with E-state index in [0.29, 0.717) is 17.3 Å². The first kappa shape index (κ1) is 16.1. The molecular weight excluding hydrogens is 326 g/mol. The van der Waals surface area contributed by atoms with E-state index in [1.165, 1.54) is 0 Å². The van der Waals surface area contributed by atoms with E-state index >= 15 is 0 Å². The number of benzene rings is 2. The predicted molar refractivity (Wildman–Crippen MR) is 94.7 cm³/mol. The molecule has 0 aliphatic carbocycles. The van der Waals surface area contributed by atoms with Gasteiger partial charge in [0.1, 0.15) is 0 Å². The van der Waals surface area contributed by atoms with Gasteiger partial charge in [0.25, 0.3) is 6.01 Å². The van der Waals surface area contributed by atoms with Gasteiger partial charge in [-0.05, 0) is 49.2 Å². The van der Waals surface area contributed by atoms with Crippen LogP contribution in [0.5, 0.6) is 0 Å². The maximum atomic E-state index is 11.2. The van der Waals surface area contributed by atoms with Crippen LogP contribution < -0.4 is 11.1 Å². The number of aromatic nitrogens is 1. The van der Waals surface area contributed by atoms with E-state index < -0.39 is 5.91 Å². The second kappa shape index (κ2) is 6.37. The zero-order valence-electron chi connectivity index (χ0n) is 13.3. The number of aryl methyl sites for hydroxylation is 2. The summed E-state index contributed by atoms with van der Waals surface area (Å²) in [5, 5.41) is 3.41. The Balaban J connectivity index is 1.85. The molecule has 6 heteroatoms. The number of hydrogen-bond acceptors (Lipinski definition) is 4. The third-order valence-corrected chi connectivity index (χ3v) is 3.81. The molecule has 3 rings (SSSR count). The second-order valence-electron chi connectivity index (χ2n) is 5.59. The Labute approximate surface area is 144 Å². The molecule has 122 valence electrons. The van der Waals surface area contributed by atoms with Gasteiger partial charge < -0.3 is 15.5 Å². The van der Waals surface area contributed by atoms with Crippen LogP contribution in [-0.2, 0) is 0 Å². The molecule has 0 saturated heterocycles. The van der Waals surface area contributed by atoms with Crippen molar-refractivity contribution in [2.24, 2.45) is 5.73 Å². The van der Waals surface area contributed by atoms with Gasteiger partial charge in [-0.15, -0.1) is 0 Å². The van der Waals surface area contributed by atoms with Crippen LogP contribution >= 0.6 is 11.6 Å². The molecule has 24 heavy (non-hydrogen) atoms. The van der Waals surface area contributed by atoms with Crippen LogP contribution in [-0.4, -0.2) is 10.9 Å². The van der Waals surface area contributed by atoms with Crippen molar-refractivity contribution in [1.29, 1.82) is 0 Å². The van der Waals surface area contributed by atoms with Crippen LogP contribution in [0.2, 0.25) is 5.02 Å². The Kier molecular flexibility index (Phi) is 4.27. The van der Waals surface area contributed by atoms with Crippen LogP contribution in [0.4, 0.5) is 11.7 Å². The summed E-state index contributed by atoms with van der Waals surface area (Å²) in [4.78, 5) is 15.4. The van der Waals surface area contributed by atoms with E-state index in [0.717, 1.165) is 16.8 Å². The van der Waals surface area contributed by atoms with Gasteiger partial charge in [-0.1, -0.05) is 23.7 Å². The fourth-order valence-electron chi connectivity index (χ4n) is 2.50. The molecule has 0 aliphatic rings. The Morgan fingerprint density at radius 3 is 2.50 bits per heavy atom. The molecule has 1 amide bonds. The summed E-state index contributed by atoms with van der Waals surface area (Å²) in [6, 6.07) is 11.4. The van der Waals surface area contributed by atoms with Crippen molar-refractivity contribution in [3.63, 3.8) is 0 Å². The number of nitrogens with one attached hydrogen (secondary N) is 1. The lowest BCUT2D eigenvalue weighted by atomic mass is 10.1. The molecule has 2 aromatic carbocycles. The Bertz CT molecular complexity index is 898. The maximum Gasteiger partial charge on any atom is 0.299 e. The smallest absolute Gasteiger partial charge is 0.299 e. The molecule has 1 heterocycles. The number of amides is 1. The normalized spacial score (nSPS) is 10.6. The zero-order chi connectivity index (χ0) is 17.3. The molecule has 5 nitrogen and oxygen atoms in total. The Morgan fingerprint density at radius 2 is 1.88 bits per heavy atom. The number of rotatable bonds is 4. The van der Waals surface area contributed by atoms with Crippen LogP contribution in [0.25, 0.3) is 11.3 Å². The number of hydrogen-bond donors (Lipinski definition) is 2. The third-order valence-electron chi connectivity index (χ3n) is 3.50. The lowest BCUT2D eigenvalue weighted by Crippen LogP contribution is -2.11. The molecule has 0 fully saturated rings. The fourth-order valence-corrected chi connectivity index (χ4v) is 2.78. The molecule has 0 saturated carbocycles. The highest BCUT2D eigenvalue weighted by molar-refractivity contribution is 6.34. The number of carbonyl (C=O) groups excluding carboxylic acids is 1. The van der Waals surface area contributed by atoms with E-state index in [9.17, 15) is 4.79 Å². The first-order valence-electron chi connectivity index (χ1n) is 7.33. The van der Waals surface area contributed by atoms with Crippen LogP contribution in [0.15, 0.2) is 47.0 Å².